The second-order valence-corrected chi connectivity index (χ2v) is 6.64. The largest absolute Gasteiger partial charge is 0.455 e. The van der Waals surface area contributed by atoms with Gasteiger partial charge in [-0.1, -0.05) is 49.7 Å². The average molecular weight is 391 g/mol. The van der Waals surface area contributed by atoms with Gasteiger partial charge >= 0.3 is 5.97 Å². The Bertz CT molecular complexity index is 836. The summed E-state index contributed by atoms with van der Waals surface area (Å²) in [5.74, 6) is -1.82. The van der Waals surface area contributed by atoms with Gasteiger partial charge in [-0.3, -0.25) is 19.7 Å². The van der Waals surface area contributed by atoms with Gasteiger partial charge in [-0.25, -0.2) is 0 Å². The van der Waals surface area contributed by atoms with Crippen molar-refractivity contribution >= 4 is 34.9 Å². The Labute approximate surface area is 161 Å². The second-order valence-electron chi connectivity index (χ2n) is 6.20. The van der Waals surface area contributed by atoms with E-state index in [-0.39, 0.29) is 17.3 Å². The molecule has 0 radical (unpaired) electrons. The lowest BCUT2D eigenvalue weighted by Gasteiger charge is -2.19. The van der Waals surface area contributed by atoms with Gasteiger partial charge in [0.25, 0.3) is 11.6 Å². The summed E-state index contributed by atoms with van der Waals surface area (Å²) in [6.07, 6.45) is 0. The molecule has 142 valence electrons. The number of halogens is 1. The smallest absolute Gasteiger partial charge is 0.314 e. The molecule has 0 unspecified atom stereocenters. The van der Waals surface area contributed by atoms with E-state index in [1.807, 2.05) is 13.8 Å². The maximum atomic E-state index is 12.5. The molecule has 0 spiro atoms. The number of nitro benzene ring substituents is 1. The number of nitro groups is 1. The van der Waals surface area contributed by atoms with Gasteiger partial charge in [-0.05, 0) is 29.7 Å². The van der Waals surface area contributed by atoms with Crippen LogP contribution in [0.5, 0.6) is 0 Å². The quantitative estimate of drug-likeness (QED) is 0.434. The van der Waals surface area contributed by atoms with Gasteiger partial charge in [-0.15, -0.1) is 0 Å². The van der Waals surface area contributed by atoms with Crippen molar-refractivity contribution in [3.63, 3.8) is 0 Å². The normalized spacial score (nSPS) is 11.7. The van der Waals surface area contributed by atoms with Gasteiger partial charge in [0.2, 0.25) is 0 Å². The Kier molecular flexibility index (Phi) is 6.90. The van der Waals surface area contributed by atoms with Crippen molar-refractivity contribution in [2.45, 2.75) is 19.8 Å². The Balaban J connectivity index is 2.02. The average Bonchev–Trinajstić information content (AvgIpc) is 2.62. The summed E-state index contributed by atoms with van der Waals surface area (Å²) < 4.78 is 5.13. The first-order chi connectivity index (χ1) is 12.8. The number of benzene rings is 2. The topological polar surface area (TPSA) is 98.5 Å². The molecule has 0 heterocycles. The van der Waals surface area contributed by atoms with Crippen LogP contribution in [0.1, 0.15) is 25.3 Å². The Morgan fingerprint density at radius 2 is 1.78 bits per heavy atom. The molecule has 1 atom stereocenters. The Hall–Kier alpha value is -2.93. The molecule has 8 heteroatoms. The van der Waals surface area contributed by atoms with Crippen LogP contribution in [0.4, 0.5) is 11.4 Å². The number of ether oxygens (including phenoxy) is 1. The van der Waals surface area contributed by atoms with Crippen LogP contribution in [0.3, 0.4) is 0 Å². The number of anilines is 1. The fourth-order valence-electron chi connectivity index (χ4n) is 2.61. The summed E-state index contributed by atoms with van der Waals surface area (Å²) in [6, 6.07) is 12.6. The standard InChI is InChI=1S/C19H19ClN2O5/c1-12(2)18(13-7-9-14(20)10-8-13)19(24)27-11-17(23)21-15-5-3-4-6-16(15)22(25)26/h3-10,12,18H,11H2,1-2H3,(H,21,23)/t18-/m0/s1. The molecule has 0 aliphatic carbocycles. The molecular formula is C19H19ClN2O5. The lowest BCUT2D eigenvalue weighted by atomic mass is 9.88. The van der Waals surface area contributed by atoms with Crippen LogP contribution in [0.25, 0.3) is 0 Å². The van der Waals surface area contributed by atoms with Crippen LogP contribution in [0, 0.1) is 16.0 Å². The SMILES string of the molecule is CC(C)[C@H](C(=O)OCC(=O)Nc1ccccc1[N+](=O)[O-])c1ccc(Cl)cc1. The van der Waals surface area contributed by atoms with Crippen LogP contribution in [-0.4, -0.2) is 23.4 Å². The molecule has 0 aliphatic heterocycles. The first kappa shape index (κ1) is 20.4. The number of rotatable bonds is 7. The van der Waals surface area contributed by atoms with E-state index in [0.717, 1.165) is 5.56 Å². The third kappa shape index (κ3) is 5.52. The monoisotopic (exact) mass is 390 g/mol. The zero-order chi connectivity index (χ0) is 20.0. The summed E-state index contributed by atoms with van der Waals surface area (Å²) in [5, 5.41) is 13.9. The van der Waals surface area contributed by atoms with Crippen LogP contribution in [0.15, 0.2) is 48.5 Å². The minimum atomic E-state index is -0.656. The van der Waals surface area contributed by atoms with Crippen molar-refractivity contribution in [1.82, 2.24) is 0 Å². The Morgan fingerprint density at radius 3 is 2.37 bits per heavy atom. The lowest BCUT2D eigenvalue weighted by molar-refractivity contribution is -0.383. The first-order valence-electron chi connectivity index (χ1n) is 8.25. The molecule has 2 rings (SSSR count). The lowest BCUT2D eigenvalue weighted by Crippen LogP contribution is -2.26. The zero-order valence-corrected chi connectivity index (χ0v) is 15.6. The van der Waals surface area contributed by atoms with E-state index in [2.05, 4.69) is 5.32 Å². The molecular weight excluding hydrogens is 372 g/mol. The van der Waals surface area contributed by atoms with Gasteiger partial charge in [0.1, 0.15) is 5.69 Å². The maximum absolute atomic E-state index is 12.5. The minimum absolute atomic E-state index is 0.0432. The second kappa shape index (κ2) is 9.14. The van der Waals surface area contributed by atoms with E-state index in [1.165, 1.54) is 18.2 Å². The van der Waals surface area contributed by atoms with E-state index >= 15 is 0 Å². The number of esters is 1. The van der Waals surface area contributed by atoms with Crippen LogP contribution in [0.2, 0.25) is 5.02 Å². The fourth-order valence-corrected chi connectivity index (χ4v) is 2.74. The van der Waals surface area contributed by atoms with Gasteiger partial charge < -0.3 is 10.1 Å². The summed E-state index contributed by atoms with van der Waals surface area (Å²) >= 11 is 5.87. The number of para-hydroxylation sites is 2. The van der Waals surface area contributed by atoms with Crippen molar-refractivity contribution in [1.29, 1.82) is 0 Å². The molecule has 2 aromatic carbocycles. The van der Waals surface area contributed by atoms with E-state index in [9.17, 15) is 19.7 Å². The van der Waals surface area contributed by atoms with Crippen LogP contribution < -0.4 is 5.32 Å². The molecule has 0 aromatic heterocycles. The van der Waals surface area contributed by atoms with Crippen LogP contribution in [-0.2, 0) is 14.3 Å². The molecule has 1 amide bonds. The highest BCUT2D eigenvalue weighted by Gasteiger charge is 2.26. The number of hydrogen-bond donors (Lipinski definition) is 1. The molecule has 0 bridgehead atoms. The van der Waals surface area contributed by atoms with E-state index in [0.29, 0.717) is 5.02 Å². The molecule has 0 saturated carbocycles. The zero-order valence-electron chi connectivity index (χ0n) is 14.8. The van der Waals surface area contributed by atoms with Crippen LogP contribution >= 0.6 is 11.6 Å². The number of amides is 1. The molecule has 0 saturated heterocycles. The Morgan fingerprint density at radius 1 is 1.15 bits per heavy atom. The van der Waals surface area contributed by atoms with Crippen molar-refractivity contribution in [3.05, 3.63) is 69.2 Å². The number of carbonyl (C=O) groups excluding carboxylic acids is 2. The highest BCUT2D eigenvalue weighted by Crippen LogP contribution is 2.27. The number of hydrogen-bond acceptors (Lipinski definition) is 5. The molecule has 2 aromatic rings. The molecule has 7 nitrogen and oxygen atoms in total. The van der Waals surface area contributed by atoms with E-state index in [1.54, 1.807) is 30.3 Å². The summed E-state index contributed by atoms with van der Waals surface area (Å²) in [5.41, 5.74) is 0.540. The molecule has 0 aliphatic rings. The highest BCUT2D eigenvalue weighted by atomic mass is 35.5. The number of nitrogens with one attached hydrogen (secondary N) is 1. The van der Waals surface area contributed by atoms with Crippen molar-refractivity contribution < 1.29 is 19.2 Å². The van der Waals surface area contributed by atoms with Gasteiger partial charge in [0, 0.05) is 11.1 Å². The highest BCUT2D eigenvalue weighted by molar-refractivity contribution is 6.30. The number of nitrogens with zero attached hydrogens (tertiary/aromatic N) is 1. The van der Waals surface area contributed by atoms with Crippen molar-refractivity contribution in [2.24, 2.45) is 5.92 Å². The van der Waals surface area contributed by atoms with Gasteiger partial charge in [0.15, 0.2) is 6.61 Å². The predicted octanol–water partition coefficient (Wildman–Crippen LogP) is 4.17. The third-order valence-electron chi connectivity index (χ3n) is 3.87. The van der Waals surface area contributed by atoms with E-state index in [4.69, 9.17) is 16.3 Å². The van der Waals surface area contributed by atoms with Crippen molar-refractivity contribution in [2.75, 3.05) is 11.9 Å². The third-order valence-corrected chi connectivity index (χ3v) is 4.12. The maximum Gasteiger partial charge on any atom is 0.314 e. The summed E-state index contributed by atoms with van der Waals surface area (Å²) in [7, 11) is 0. The fraction of sp³-hybridized carbons (Fsp3) is 0.263. The van der Waals surface area contributed by atoms with Gasteiger partial charge in [-0.2, -0.15) is 0 Å². The molecule has 0 fully saturated rings. The molecule has 1 N–H and O–H groups in total. The van der Waals surface area contributed by atoms with Crippen molar-refractivity contribution in [3.8, 4) is 0 Å². The first-order valence-corrected chi connectivity index (χ1v) is 8.62. The van der Waals surface area contributed by atoms with E-state index < -0.39 is 29.3 Å². The minimum Gasteiger partial charge on any atom is -0.455 e. The number of carbonyl (C=O) groups is 2. The summed E-state index contributed by atoms with van der Waals surface area (Å²) in [6.45, 7) is 3.20. The molecule has 27 heavy (non-hydrogen) atoms. The summed E-state index contributed by atoms with van der Waals surface area (Å²) in [4.78, 5) is 34.9. The van der Waals surface area contributed by atoms with Gasteiger partial charge in [0.05, 0.1) is 10.8 Å². The predicted molar refractivity (Wildman–Crippen MR) is 102 cm³/mol.